The Morgan fingerprint density at radius 1 is 0.507 bits per heavy atom. The molecule has 6 heteroatoms. The lowest BCUT2D eigenvalue weighted by Gasteiger charge is -2.29. The summed E-state index contributed by atoms with van der Waals surface area (Å²) in [4.78, 5) is 15.8. The van der Waals surface area contributed by atoms with Gasteiger partial charge in [-0.05, 0) is 105 Å². The van der Waals surface area contributed by atoms with E-state index in [1.54, 1.807) is 0 Å². The summed E-state index contributed by atoms with van der Waals surface area (Å²) in [5.41, 5.74) is 11.1. The minimum Gasteiger partial charge on any atom is -0.309 e. The van der Waals surface area contributed by atoms with Crippen LogP contribution in [-0.4, -0.2) is 28.7 Å². The van der Waals surface area contributed by atoms with Gasteiger partial charge in [0.15, 0.2) is 5.82 Å². The third kappa shape index (κ3) is 6.80. The van der Waals surface area contributed by atoms with Crippen LogP contribution in [-0.2, 0) is 11.8 Å². The summed E-state index contributed by atoms with van der Waals surface area (Å²) < 4.78 is 7.49. The first-order valence-electron chi connectivity index (χ1n) is 24.1. The van der Waals surface area contributed by atoms with Crippen LogP contribution in [0.15, 0.2) is 183 Å². The van der Waals surface area contributed by atoms with E-state index in [9.17, 15) is 0 Å². The number of aromatic nitrogens is 6. The highest BCUT2D eigenvalue weighted by molar-refractivity contribution is 6.40. The molecule has 0 N–H and O–H groups in total. The zero-order valence-corrected chi connectivity index (χ0v) is 38.8. The van der Waals surface area contributed by atoms with E-state index < -0.39 is 0 Å². The second-order valence-electron chi connectivity index (χ2n) is 18.2. The molecule has 11 aromatic rings. The predicted molar refractivity (Wildman–Crippen MR) is 282 cm³/mol. The lowest BCUT2D eigenvalue weighted by Crippen LogP contribution is -2.28. The van der Waals surface area contributed by atoms with Gasteiger partial charge >= 0.3 is 0 Å². The van der Waals surface area contributed by atoms with Crippen molar-refractivity contribution in [2.24, 2.45) is 5.92 Å². The average molecular weight is 873 g/mol. The van der Waals surface area contributed by atoms with E-state index in [1.165, 1.54) is 54.4 Å². The van der Waals surface area contributed by atoms with Crippen molar-refractivity contribution in [2.45, 2.75) is 71.1 Å². The van der Waals surface area contributed by atoms with Crippen LogP contribution in [0.5, 0.6) is 0 Å². The first-order valence-corrected chi connectivity index (χ1v) is 24.1. The number of aryl methyl sites for hydroxylation is 1. The number of allylic oxidation sites excluding steroid dienone is 2. The summed E-state index contributed by atoms with van der Waals surface area (Å²) in [6.07, 6.45) is 10.6. The summed E-state index contributed by atoms with van der Waals surface area (Å²) in [5, 5.41) is 7.35. The van der Waals surface area contributed by atoms with Crippen LogP contribution in [0.4, 0.5) is 0 Å². The maximum absolute atomic E-state index is 5.31. The van der Waals surface area contributed by atoms with Crippen LogP contribution in [0.2, 0.25) is 0 Å². The SMILES string of the molecule is C=CCC(CC)CCc1nc(-c2ccc(-n3c4ccccc4c4c5c6ccccc6n(-c6ccccc6)c5c5c(c6ccccc6n5-c5ccccc5)c43)cc2)nc(C(CC)(CC)CC=C)n1. The van der Waals surface area contributed by atoms with Gasteiger partial charge in [0, 0.05) is 66.8 Å². The molecule has 0 saturated carbocycles. The van der Waals surface area contributed by atoms with Crippen LogP contribution in [0, 0.1) is 5.92 Å². The Kier molecular flexibility index (Phi) is 10.9. The van der Waals surface area contributed by atoms with E-state index in [0.717, 1.165) is 96.1 Å². The zero-order valence-electron chi connectivity index (χ0n) is 38.8. The molecule has 6 nitrogen and oxygen atoms in total. The summed E-state index contributed by atoms with van der Waals surface area (Å²) in [6, 6.07) is 57.4. The van der Waals surface area contributed by atoms with Gasteiger partial charge in [-0.3, -0.25) is 0 Å². The van der Waals surface area contributed by atoms with E-state index in [0.29, 0.717) is 5.92 Å². The molecule has 330 valence electrons. The number of fused-ring (bicyclic) bond motifs is 12. The van der Waals surface area contributed by atoms with Crippen molar-refractivity contribution in [1.29, 1.82) is 0 Å². The Bertz CT molecular complexity index is 3620. The molecule has 0 amide bonds. The third-order valence-corrected chi connectivity index (χ3v) is 14.6. The maximum Gasteiger partial charge on any atom is 0.163 e. The van der Waals surface area contributed by atoms with Crippen LogP contribution in [0.25, 0.3) is 93.9 Å². The standard InChI is InChI=1S/C61H56N6/c1-6-23-41(8-3)34-39-52-62-59(64-60(63-52)61(9-4,10-5)40-7-2)42-35-37-45(38-36-42)65-49-31-20-17-28-46(49)53-54-47-29-18-21-32-50(47)66(43-24-13-11-14-25-43)57(54)58-55(56(53)65)48-30-19-22-33-51(48)67(58)44-26-15-12-16-27-44/h6-7,11-22,24-33,35-38,41H,1-2,8-10,23,34,39-40H2,3-5H3. The highest BCUT2D eigenvalue weighted by Crippen LogP contribution is 2.50. The molecular weight excluding hydrogens is 817 g/mol. The second-order valence-corrected chi connectivity index (χ2v) is 18.2. The molecular formula is C61H56N6. The largest absolute Gasteiger partial charge is 0.309 e. The van der Waals surface area contributed by atoms with E-state index in [2.05, 4.69) is 205 Å². The first kappa shape index (κ1) is 42.1. The molecule has 4 aromatic heterocycles. The van der Waals surface area contributed by atoms with Crippen LogP contribution < -0.4 is 0 Å². The van der Waals surface area contributed by atoms with Gasteiger partial charge in [-0.15, -0.1) is 13.2 Å². The maximum atomic E-state index is 5.31. The second kappa shape index (κ2) is 17.3. The Morgan fingerprint density at radius 3 is 1.51 bits per heavy atom. The molecule has 0 aliphatic heterocycles. The van der Waals surface area contributed by atoms with E-state index in [1.807, 2.05) is 12.2 Å². The highest BCUT2D eigenvalue weighted by Gasteiger charge is 2.32. The summed E-state index contributed by atoms with van der Waals surface area (Å²) in [7, 11) is 0. The highest BCUT2D eigenvalue weighted by atomic mass is 15.1. The van der Waals surface area contributed by atoms with Gasteiger partial charge in [0.2, 0.25) is 0 Å². The van der Waals surface area contributed by atoms with E-state index in [4.69, 9.17) is 15.0 Å². The molecule has 1 atom stereocenters. The fourth-order valence-electron chi connectivity index (χ4n) is 11.0. The molecule has 1 unspecified atom stereocenters. The lowest BCUT2D eigenvalue weighted by molar-refractivity contribution is 0.372. The van der Waals surface area contributed by atoms with Crippen molar-refractivity contribution in [3.63, 3.8) is 0 Å². The molecule has 0 aliphatic rings. The molecule has 0 bridgehead atoms. The molecule has 0 fully saturated rings. The molecule has 0 aliphatic carbocycles. The van der Waals surface area contributed by atoms with E-state index in [-0.39, 0.29) is 5.41 Å². The molecule has 7 aromatic carbocycles. The topological polar surface area (TPSA) is 53.5 Å². The third-order valence-electron chi connectivity index (χ3n) is 14.6. The predicted octanol–water partition coefficient (Wildman–Crippen LogP) is 16.0. The van der Waals surface area contributed by atoms with Gasteiger partial charge in [-0.25, -0.2) is 15.0 Å². The quantitative estimate of drug-likeness (QED) is 0.0964. The lowest BCUT2D eigenvalue weighted by atomic mass is 9.78. The molecule has 11 rings (SSSR count). The normalized spacial score (nSPS) is 12.6. The minimum atomic E-state index is -0.207. The fraction of sp³-hybridized carbons (Fsp3) is 0.197. The monoisotopic (exact) mass is 872 g/mol. The molecule has 0 spiro atoms. The van der Waals surface area contributed by atoms with Crippen molar-refractivity contribution in [1.82, 2.24) is 28.7 Å². The Hall–Kier alpha value is -7.57. The van der Waals surface area contributed by atoms with Gasteiger partial charge < -0.3 is 13.7 Å². The molecule has 4 heterocycles. The van der Waals surface area contributed by atoms with Crippen molar-refractivity contribution < 1.29 is 0 Å². The van der Waals surface area contributed by atoms with Gasteiger partial charge in [0.25, 0.3) is 0 Å². The number of hydrogen-bond acceptors (Lipinski definition) is 3. The van der Waals surface area contributed by atoms with Crippen LogP contribution in [0.1, 0.15) is 70.9 Å². The number of nitrogens with zero attached hydrogens (tertiary/aromatic N) is 6. The Labute approximate surface area is 392 Å². The fourth-order valence-corrected chi connectivity index (χ4v) is 11.0. The number of benzene rings is 7. The van der Waals surface area contributed by atoms with Crippen LogP contribution in [0.3, 0.4) is 0 Å². The molecule has 0 radical (unpaired) electrons. The summed E-state index contributed by atoms with van der Waals surface area (Å²) >= 11 is 0. The Balaban J connectivity index is 1.21. The molecule has 0 saturated heterocycles. The van der Waals surface area contributed by atoms with Crippen molar-refractivity contribution in [2.75, 3.05) is 0 Å². The smallest absolute Gasteiger partial charge is 0.163 e. The van der Waals surface area contributed by atoms with Gasteiger partial charge in [0.05, 0.1) is 33.1 Å². The Morgan fingerprint density at radius 2 is 0.985 bits per heavy atom. The van der Waals surface area contributed by atoms with Crippen molar-refractivity contribution in [3.05, 3.63) is 195 Å². The van der Waals surface area contributed by atoms with E-state index >= 15 is 0 Å². The van der Waals surface area contributed by atoms with Crippen molar-refractivity contribution in [3.8, 4) is 28.5 Å². The van der Waals surface area contributed by atoms with Crippen molar-refractivity contribution >= 4 is 65.4 Å². The van der Waals surface area contributed by atoms with Crippen LogP contribution >= 0.6 is 0 Å². The van der Waals surface area contributed by atoms with Gasteiger partial charge in [-0.1, -0.05) is 130 Å². The minimum absolute atomic E-state index is 0.207. The number of hydrogen-bond donors (Lipinski definition) is 0. The number of para-hydroxylation sites is 5. The number of rotatable bonds is 15. The zero-order chi connectivity index (χ0) is 45.6. The summed E-state index contributed by atoms with van der Waals surface area (Å²) in [5.74, 6) is 3.01. The van der Waals surface area contributed by atoms with Gasteiger partial charge in [-0.2, -0.15) is 0 Å². The summed E-state index contributed by atoms with van der Waals surface area (Å²) in [6.45, 7) is 14.9. The van der Waals surface area contributed by atoms with Gasteiger partial charge in [0.1, 0.15) is 11.6 Å². The molecule has 67 heavy (non-hydrogen) atoms. The first-order chi connectivity index (χ1) is 33.0. The average Bonchev–Trinajstić information content (AvgIpc) is 4.03.